The fourth-order valence-corrected chi connectivity index (χ4v) is 3.42. The summed E-state index contributed by atoms with van der Waals surface area (Å²) in [6, 6.07) is 9.71. The van der Waals surface area contributed by atoms with E-state index in [1.165, 1.54) is 24.9 Å². The molecule has 0 fully saturated rings. The van der Waals surface area contributed by atoms with Crippen LogP contribution in [0.3, 0.4) is 0 Å². The second-order valence-corrected chi connectivity index (χ2v) is 7.63. The molecular formula is C15H20N4O3S. The van der Waals surface area contributed by atoms with E-state index in [2.05, 4.69) is 15.5 Å². The largest absolute Gasteiger partial charge is 0.354 e. The Morgan fingerprint density at radius 2 is 1.91 bits per heavy atom. The second-order valence-electron chi connectivity index (χ2n) is 5.47. The van der Waals surface area contributed by atoms with Crippen molar-refractivity contribution in [2.24, 2.45) is 7.05 Å². The Balaban J connectivity index is 2.02. The second kappa shape index (κ2) is 6.91. The molecule has 2 aromatic rings. The Bertz CT molecular complexity index is 771. The molecule has 0 aliphatic heterocycles. The minimum atomic E-state index is -3.86. The van der Waals surface area contributed by atoms with Gasteiger partial charge in [-0.2, -0.15) is 0 Å². The highest BCUT2D eigenvalue weighted by Gasteiger charge is 2.33. The molecule has 0 saturated carbocycles. The predicted molar refractivity (Wildman–Crippen MR) is 85.5 cm³/mol. The van der Waals surface area contributed by atoms with Crippen molar-refractivity contribution in [2.75, 3.05) is 6.54 Å². The zero-order valence-electron chi connectivity index (χ0n) is 13.3. The van der Waals surface area contributed by atoms with E-state index in [-0.39, 0.29) is 11.1 Å². The zero-order valence-corrected chi connectivity index (χ0v) is 14.1. The Morgan fingerprint density at radius 1 is 1.26 bits per heavy atom. The summed E-state index contributed by atoms with van der Waals surface area (Å²) in [5.41, 5.74) is 1.08. The monoisotopic (exact) mass is 336 g/mol. The minimum absolute atomic E-state index is 0.0879. The van der Waals surface area contributed by atoms with Crippen LogP contribution in [-0.2, 0) is 21.7 Å². The molecule has 2 atom stereocenters. The van der Waals surface area contributed by atoms with Gasteiger partial charge in [0.1, 0.15) is 11.6 Å². The highest BCUT2D eigenvalue weighted by Crippen LogP contribution is 2.15. The molecule has 2 rings (SSSR count). The molecule has 0 spiro atoms. The highest BCUT2D eigenvalue weighted by atomic mass is 32.2. The van der Waals surface area contributed by atoms with Crippen LogP contribution >= 0.6 is 0 Å². The lowest BCUT2D eigenvalue weighted by molar-refractivity contribution is -0.120. The number of aryl methyl sites for hydroxylation is 1. The third-order valence-corrected chi connectivity index (χ3v) is 5.73. The van der Waals surface area contributed by atoms with E-state index in [0.29, 0.717) is 6.54 Å². The molecule has 0 aliphatic rings. The SMILES string of the molecule is C[C@@H](CNC(=O)[C@H](C)S(=O)(=O)c1nncn1C)c1ccccc1. The summed E-state index contributed by atoms with van der Waals surface area (Å²) in [5, 5.41) is 8.38. The third kappa shape index (κ3) is 3.76. The molecule has 0 bridgehead atoms. The summed E-state index contributed by atoms with van der Waals surface area (Å²) in [5.74, 6) is -0.458. The maximum atomic E-state index is 12.4. The van der Waals surface area contributed by atoms with Crippen LogP contribution in [-0.4, -0.2) is 40.9 Å². The lowest BCUT2D eigenvalue weighted by atomic mass is 10.0. The number of nitrogens with zero attached hydrogens (tertiary/aromatic N) is 3. The van der Waals surface area contributed by atoms with E-state index in [1.54, 1.807) is 0 Å². The Morgan fingerprint density at radius 3 is 2.48 bits per heavy atom. The van der Waals surface area contributed by atoms with Crippen molar-refractivity contribution in [3.8, 4) is 0 Å². The standard InChI is InChI=1S/C15H20N4O3S/c1-11(13-7-5-4-6-8-13)9-16-14(20)12(2)23(21,22)15-18-17-10-19(15)3/h4-8,10-12H,9H2,1-3H3,(H,16,20)/t11-,12-/m0/s1. The lowest BCUT2D eigenvalue weighted by Gasteiger charge is -2.16. The molecule has 1 aromatic carbocycles. The molecule has 1 amide bonds. The van der Waals surface area contributed by atoms with Gasteiger partial charge in [-0.3, -0.25) is 4.79 Å². The molecule has 1 N–H and O–H groups in total. The number of carbonyl (C=O) groups is 1. The fourth-order valence-electron chi connectivity index (χ4n) is 2.13. The van der Waals surface area contributed by atoms with Crippen molar-refractivity contribution < 1.29 is 13.2 Å². The van der Waals surface area contributed by atoms with Crippen LogP contribution in [0.4, 0.5) is 0 Å². The Hall–Kier alpha value is -2.22. The summed E-state index contributed by atoms with van der Waals surface area (Å²) in [7, 11) is -2.34. The van der Waals surface area contributed by atoms with Gasteiger partial charge in [-0.25, -0.2) is 8.42 Å². The summed E-state index contributed by atoms with van der Waals surface area (Å²) in [6.45, 7) is 3.69. The van der Waals surface area contributed by atoms with Gasteiger partial charge in [0.05, 0.1) is 0 Å². The number of rotatable bonds is 6. The number of sulfone groups is 1. The summed E-state index contributed by atoms with van der Waals surface area (Å²) >= 11 is 0. The van der Waals surface area contributed by atoms with Gasteiger partial charge in [0.15, 0.2) is 0 Å². The van der Waals surface area contributed by atoms with Crippen molar-refractivity contribution in [1.82, 2.24) is 20.1 Å². The number of amides is 1. The van der Waals surface area contributed by atoms with Gasteiger partial charge < -0.3 is 9.88 Å². The number of nitrogens with one attached hydrogen (secondary N) is 1. The molecule has 0 saturated heterocycles. The third-order valence-electron chi connectivity index (χ3n) is 3.71. The molecule has 7 nitrogen and oxygen atoms in total. The van der Waals surface area contributed by atoms with Gasteiger partial charge in [0, 0.05) is 13.6 Å². The number of hydrogen-bond donors (Lipinski definition) is 1. The maximum Gasteiger partial charge on any atom is 0.250 e. The predicted octanol–water partition coefficient (Wildman–Crippen LogP) is 0.897. The van der Waals surface area contributed by atoms with Gasteiger partial charge >= 0.3 is 0 Å². The maximum absolute atomic E-state index is 12.4. The van der Waals surface area contributed by atoms with Crippen LogP contribution in [0.2, 0.25) is 0 Å². The molecule has 0 aliphatic carbocycles. The molecule has 0 unspecified atom stereocenters. The van der Waals surface area contributed by atoms with Crippen molar-refractivity contribution in [3.05, 3.63) is 42.2 Å². The topological polar surface area (TPSA) is 93.9 Å². The van der Waals surface area contributed by atoms with Crippen LogP contribution in [0.1, 0.15) is 25.3 Å². The first-order valence-corrected chi connectivity index (χ1v) is 8.79. The molecule has 1 aromatic heterocycles. The lowest BCUT2D eigenvalue weighted by Crippen LogP contribution is -2.40. The molecular weight excluding hydrogens is 316 g/mol. The number of carbonyl (C=O) groups excluding carboxylic acids is 1. The van der Waals surface area contributed by atoms with Gasteiger partial charge in [0.2, 0.25) is 20.9 Å². The number of hydrogen-bond acceptors (Lipinski definition) is 5. The summed E-state index contributed by atoms with van der Waals surface area (Å²) in [6.07, 6.45) is 1.29. The van der Waals surface area contributed by atoms with E-state index >= 15 is 0 Å². The molecule has 124 valence electrons. The van der Waals surface area contributed by atoms with Crippen LogP contribution < -0.4 is 5.32 Å². The minimum Gasteiger partial charge on any atom is -0.354 e. The quantitative estimate of drug-likeness (QED) is 0.846. The Kier molecular flexibility index (Phi) is 5.15. The van der Waals surface area contributed by atoms with Gasteiger partial charge in [-0.1, -0.05) is 37.3 Å². The van der Waals surface area contributed by atoms with Crippen LogP contribution in [0.25, 0.3) is 0 Å². The molecule has 23 heavy (non-hydrogen) atoms. The average Bonchev–Trinajstić information content (AvgIpc) is 2.99. The van der Waals surface area contributed by atoms with Gasteiger partial charge in [-0.15, -0.1) is 10.2 Å². The fraction of sp³-hybridized carbons (Fsp3) is 0.400. The van der Waals surface area contributed by atoms with E-state index in [1.807, 2.05) is 37.3 Å². The average molecular weight is 336 g/mol. The smallest absolute Gasteiger partial charge is 0.250 e. The summed E-state index contributed by atoms with van der Waals surface area (Å²) < 4.78 is 26.1. The van der Waals surface area contributed by atoms with E-state index in [9.17, 15) is 13.2 Å². The number of aromatic nitrogens is 3. The van der Waals surface area contributed by atoms with Crippen molar-refractivity contribution in [3.63, 3.8) is 0 Å². The zero-order chi connectivity index (χ0) is 17.0. The molecule has 1 heterocycles. The van der Waals surface area contributed by atoms with E-state index in [0.717, 1.165) is 5.56 Å². The van der Waals surface area contributed by atoms with Gasteiger partial charge in [-0.05, 0) is 18.4 Å². The summed E-state index contributed by atoms with van der Waals surface area (Å²) in [4.78, 5) is 12.2. The van der Waals surface area contributed by atoms with E-state index < -0.39 is 21.0 Å². The first-order chi connectivity index (χ1) is 10.8. The molecule has 0 radical (unpaired) electrons. The first-order valence-electron chi connectivity index (χ1n) is 7.24. The normalized spacial score (nSPS) is 14.2. The van der Waals surface area contributed by atoms with Crippen LogP contribution in [0, 0.1) is 0 Å². The van der Waals surface area contributed by atoms with Crippen LogP contribution in [0.15, 0.2) is 41.8 Å². The van der Waals surface area contributed by atoms with Crippen molar-refractivity contribution >= 4 is 15.7 Å². The van der Waals surface area contributed by atoms with Gasteiger partial charge in [0.25, 0.3) is 0 Å². The van der Waals surface area contributed by atoms with E-state index in [4.69, 9.17) is 0 Å². The highest BCUT2D eigenvalue weighted by molar-refractivity contribution is 7.92. The first kappa shape index (κ1) is 17.1. The van der Waals surface area contributed by atoms with Crippen LogP contribution in [0.5, 0.6) is 0 Å². The van der Waals surface area contributed by atoms with Crippen molar-refractivity contribution in [2.45, 2.75) is 30.2 Å². The number of benzene rings is 1. The molecule has 8 heteroatoms. The van der Waals surface area contributed by atoms with Crippen molar-refractivity contribution in [1.29, 1.82) is 0 Å². The Labute approximate surface area is 135 Å².